The van der Waals surface area contributed by atoms with Crippen LogP contribution in [0.15, 0.2) is 42.8 Å². The van der Waals surface area contributed by atoms with Crippen molar-refractivity contribution in [2.24, 2.45) is 0 Å². The maximum Gasteiger partial charge on any atom is 0.421 e. The number of halogens is 3. The highest BCUT2D eigenvalue weighted by Gasteiger charge is 2.35. The van der Waals surface area contributed by atoms with Gasteiger partial charge in [0.25, 0.3) is 5.91 Å². The van der Waals surface area contributed by atoms with Crippen molar-refractivity contribution in [3.8, 4) is 0 Å². The SMILES string of the molecule is [2H]c1c([2H])c(C(=O)NC)c([2H])c([2H])c1Nc1ncc(C(F)(F)F)c(NCc2nccnc2N(C)S(C)(=O)=O)n1. The Kier molecular flexibility index (Phi) is 5.87. The molecule has 0 spiro atoms. The lowest BCUT2D eigenvalue weighted by Crippen LogP contribution is -2.27. The van der Waals surface area contributed by atoms with Crippen LogP contribution in [0.2, 0.25) is 0 Å². The van der Waals surface area contributed by atoms with Gasteiger partial charge in [0.05, 0.1) is 18.3 Å². The molecule has 0 aliphatic carbocycles. The second kappa shape index (κ2) is 10.1. The molecule has 11 nitrogen and oxygen atoms in total. The minimum Gasteiger partial charge on any atom is -0.364 e. The number of hydrogen-bond acceptors (Lipinski definition) is 9. The van der Waals surface area contributed by atoms with Crippen molar-refractivity contribution in [3.05, 3.63) is 59.6 Å². The molecule has 0 aliphatic heterocycles. The standard InChI is InChI=1S/C20H21F3N8O3S/c1-24-18(32)12-4-6-13(7-5-12)29-19-28-10-14(20(21,22)23)16(30-19)27-11-15-17(26-9-8-25-15)31(2)35(3,33)34/h4-10H,11H2,1-3H3,(H,24,32)(H2,27,28,29,30)/i4D,5D,6D,7D. The number of sulfonamides is 1. The number of aromatic nitrogens is 4. The summed E-state index contributed by atoms with van der Waals surface area (Å²) >= 11 is 0. The Bertz CT molecular complexity index is 1510. The lowest BCUT2D eigenvalue weighted by molar-refractivity contribution is -0.137. The van der Waals surface area contributed by atoms with Gasteiger partial charge in [0.1, 0.15) is 17.1 Å². The molecule has 0 unspecified atom stereocenters. The molecule has 15 heteroatoms. The summed E-state index contributed by atoms with van der Waals surface area (Å²) in [5.74, 6) is -2.27. The second-order valence-corrected chi connectivity index (χ2v) is 8.83. The van der Waals surface area contributed by atoms with Crippen LogP contribution in [0.3, 0.4) is 0 Å². The van der Waals surface area contributed by atoms with Crippen LogP contribution in [0, 0.1) is 0 Å². The van der Waals surface area contributed by atoms with Crippen LogP contribution in [0.25, 0.3) is 0 Å². The molecular formula is C20H21F3N8O3S. The van der Waals surface area contributed by atoms with Crippen molar-refractivity contribution in [3.63, 3.8) is 0 Å². The van der Waals surface area contributed by atoms with Crippen molar-refractivity contribution in [2.75, 3.05) is 35.3 Å². The number of benzene rings is 1. The molecule has 0 saturated heterocycles. The number of amides is 1. The molecule has 3 N–H and O–H groups in total. The highest BCUT2D eigenvalue weighted by atomic mass is 32.2. The molecule has 2 heterocycles. The average molecular weight is 515 g/mol. The summed E-state index contributed by atoms with van der Waals surface area (Å²) in [4.78, 5) is 27.3. The number of rotatable bonds is 8. The first-order valence-electron chi connectivity index (χ1n) is 11.6. The van der Waals surface area contributed by atoms with Crippen molar-refractivity contribution >= 4 is 39.2 Å². The number of nitrogens with one attached hydrogen (secondary N) is 3. The van der Waals surface area contributed by atoms with Gasteiger partial charge in [-0.1, -0.05) is 0 Å². The molecule has 3 rings (SSSR count). The fourth-order valence-electron chi connectivity index (χ4n) is 2.58. The molecule has 0 bridgehead atoms. The Hall–Kier alpha value is -4.01. The summed E-state index contributed by atoms with van der Waals surface area (Å²) in [5.41, 5.74) is -2.30. The van der Waals surface area contributed by atoms with Crippen LogP contribution < -0.4 is 20.3 Å². The summed E-state index contributed by atoms with van der Waals surface area (Å²) in [5, 5.41) is 7.03. The van der Waals surface area contributed by atoms with E-state index in [1.165, 1.54) is 26.5 Å². The van der Waals surface area contributed by atoms with Crippen LogP contribution in [0.4, 0.5) is 36.4 Å². The van der Waals surface area contributed by atoms with E-state index in [-0.39, 0.29) is 11.5 Å². The molecule has 1 amide bonds. The largest absolute Gasteiger partial charge is 0.421 e. The number of alkyl halides is 3. The monoisotopic (exact) mass is 514 g/mol. The number of nitrogens with zero attached hydrogens (tertiary/aromatic N) is 5. The minimum atomic E-state index is -4.91. The highest BCUT2D eigenvalue weighted by Crippen LogP contribution is 2.34. The summed E-state index contributed by atoms with van der Waals surface area (Å²) < 4.78 is 98.0. The maximum atomic E-state index is 13.7. The Morgan fingerprint density at radius 1 is 1.14 bits per heavy atom. The van der Waals surface area contributed by atoms with E-state index < -0.39 is 81.4 Å². The van der Waals surface area contributed by atoms with E-state index in [1.807, 2.05) is 0 Å². The lowest BCUT2D eigenvalue weighted by Gasteiger charge is -2.19. The van der Waals surface area contributed by atoms with Gasteiger partial charge in [0.15, 0.2) is 5.82 Å². The zero-order chi connectivity index (χ0) is 29.3. The second-order valence-electron chi connectivity index (χ2n) is 6.82. The molecule has 0 fully saturated rings. The van der Waals surface area contributed by atoms with Crippen molar-refractivity contribution in [1.29, 1.82) is 0 Å². The van der Waals surface area contributed by atoms with Crippen molar-refractivity contribution in [2.45, 2.75) is 12.7 Å². The van der Waals surface area contributed by atoms with Gasteiger partial charge in [-0.05, 0) is 24.2 Å². The highest BCUT2D eigenvalue weighted by molar-refractivity contribution is 7.92. The Morgan fingerprint density at radius 3 is 2.40 bits per heavy atom. The van der Waals surface area contributed by atoms with Crippen molar-refractivity contribution < 1.29 is 31.9 Å². The third kappa shape index (κ3) is 6.32. The predicted molar refractivity (Wildman–Crippen MR) is 123 cm³/mol. The first kappa shape index (κ1) is 20.4. The van der Waals surface area contributed by atoms with Crippen LogP contribution in [0.5, 0.6) is 0 Å². The number of hydrogen-bond donors (Lipinski definition) is 3. The topological polar surface area (TPSA) is 142 Å². The van der Waals surface area contributed by atoms with Gasteiger partial charge >= 0.3 is 6.18 Å². The first-order chi connectivity index (χ1) is 18.1. The van der Waals surface area contributed by atoms with Gasteiger partial charge in [-0.15, -0.1) is 0 Å². The van der Waals surface area contributed by atoms with E-state index in [0.717, 1.165) is 10.6 Å². The van der Waals surface area contributed by atoms with E-state index in [1.54, 1.807) is 0 Å². The van der Waals surface area contributed by atoms with Crippen LogP contribution >= 0.6 is 0 Å². The summed E-state index contributed by atoms with van der Waals surface area (Å²) in [7, 11) is -1.32. The van der Waals surface area contributed by atoms with E-state index in [4.69, 9.17) is 5.48 Å². The third-order valence-electron chi connectivity index (χ3n) is 4.38. The molecule has 3 aromatic rings. The zero-order valence-corrected chi connectivity index (χ0v) is 19.3. The average Bonchev–Trinajstić information content (AvgIpc) is 2.87. The minimum absolute atomic E-state index is 0.0176. The summed E-state index contributed by atoms with van der Waals surface area (Å²) in [6, 6.07) is -2.73. The molecule has 2 aromatic heterocycles. The Balaban J connectivity index is 2.02. The van der Waals surface area contributed by atoms with Gasteiger partial charge in [0.2, 0.25) is 16.0 Å². The fourth-order valence-corrected chi connectivity index (χ4v) is 3.05. The number of anilines is 4. The molecule has 186 valence electrons. The van der Waals surface area contributed by atoms with Crippen LogP contribution in [-0.2, 0) is 22.7 Å². The van der Waals surface area contributed by atoms with E-state index in [9.17, 15) is 26.4 Å². The molecule has 0 saturated carbocycles. The molecular weight excluding hydrogens is 489 g/mol. The van der Waals surface area contributed by atoms with Gasteiger partial charge in [-0.2, -0.15) is 18.2 Å². The van der Waals surface area contributed by atoms with Gasteiger partial charge in [0, 0.05) is 43.9 Å². The quantitative estimate of drug-likeness (QED) is 0.413. The van der Waals surface area contributed by atoms with E-state index >= 15 is 0 Å². The predicted octanol–water partition coefficient (Wildman–Crippen LogP) is 2.40. The van der Waals surface area contributed by atoms with Crippen LogP contribution in [-0.4, -0.2) is 54.6 Å². The first-order valence-corrected chi connectivity index (χ1v) is 11.4. The van der Waals surface area contributed by atoms with E-state index in [2.05, 4.69) is 35.9 Å². The number of carbonyl (C=O) groups excluding carboxylic acids is 1. The molecule has 35 heavy (non-hydrogen) atoms. The number of carbonyl (C=O) groups is 1. The van der Waals surface area contributed by atoms with Crippen molar-refractivity contribution in [1.82, 2.24) is 25.3 Å². The third-order valence-corrected chi connectivity index (χ3v) is 5.55. The van der Waals surface area contributed by atoms with Crippen LogP contribution in [0.1, 0.15) is 27.1 Å². The summed E-state index contributed by atoms with van der Waals surface area (Å²) in [6.07, 6.45) is -1.13. The molecule has 0 radical (unpaired) electrons. The van der Waals surface area contributed by atoms with Gasteiger partial charge < -0.3 is 16.0 Å². The fraction of sp³-hybridized carbons (Fsp3) is 0.250. The van der Waals surface area contributed by atoms with Gasteiger partial charge in [-0.25, -0.2) is 18.4 Å². The molecule has 0 aliphatic rings. The lowest BCUT2D eigenvalue weighted by atomic mass is 10.2. The maximum absolute atomic E-state index is 13.7. The zero-order valence-electron chi connectivity index (χ0n) is 22.4. The van der Waals surface area contributed by atoms with Gasteiger partial charge in [-0.3, -0.25) is 14.1 Å². The Labute approximate surface area is 204 Å². The normalized spacial score (nSPS) is 13.2. The molecule has 0 atom stereocenters. The van der Waals surface area contributed by atoms with E-state index in [0.29, 0.717) is 6.20 Å². The smallest absolute Gasteiger partial charge is 0.364 e. The Morgan fingerprint density at radius 2 is 1.80 bits per heavy atom. The molecule has 1 aromatic carbocycles. The summed E-state index contributed by atoms with van der Waals surface area (Å²) in [6.45, 7) is -0.440.